The van der Waals surface area contributed by atoms with Crippen LogP contribution in [0.4, 0.5) is 0 Å². The van der Waals surface area contributed by atoms with Crippen molar-refractivity contribution >= 4 is 5.91 Å². The molecule has 1 aliphatic heterocycles. The van der Waals surface area contributed by atoms with Crippen LogP contribution >= 0.6 is 0 Å². The first-order valence-electron chi connectivity index (χ1n) is 11.1. The van der Waals surface area contributed by atoms with Crippen molar-refractivity contribution in [2.45, 2.75) is 43.9 Å². The van der Waals surface area contributed by atoms with Crippen molar-refractivity contribution in [3.8, 4) is 22.9 Å². The lowest BCUT2D eigenvalue weighted by Crippen LogP contribution is -2.39. The fraction of sp³-hybridized carbons (Fsp3) is 0.417. The highest BCUT2D eigenvalue weighted by molar-refractivity contribution is 5.76. The van der Waals surface area contributed by atoms with Gasteiger partial charge in [0.25, 0.3) is 0 Å². The molecule has 5 rings (SSSR count). The summed E-state index contributed by atoms with van der Waals surface area (Å²) in [4.78, 5) is 21.0. The Morgan fingerprint density at radius 2 is 1.81 bits per heavy atom. The molecule has 2 aromatic heterocycles. The summed E-state index contributed by atoms with van der Waals surface area (Å²) >= 11 is 0. The number of amides is 1. The van der Waals surface area contributed by atoms with Crippen molar-refractivity contribution in [2.75, 3.05) is 19.8 Å². The Labute approximate surface area is 186 Å². The third-order valence-corrected chi connectivity index (χ3v) is 6.31. The SMILES string of the molecule is O=C(CCc1nc(-c2ccncc2)no1)NCC1(c2ccc3c(c2)OCCO3)CCCC1. The minimum absolute atomic E-state index is 0.0162. The first kappa shape index (κ1) is 20.5. The quantitative estimate of drug-likeness (QED) is 0.608. The molecule has 2 aliphatic rings. The van der Waals surface area contributed by atoms with E-state index in [1.807, 2.05) is 18.2 Å². The molecule has 0 saturated heterocycles. The maximum Gasteiger partial charge on any atom is 0.227 e. The average molecular weight is 434 g/mol. The lowest BCUT2D eigenvalue weighted by molar-refractivity contribution is -0.121. The highest BCUT2D eigenvalue weighted by atomic mass is 16.6. The van der Waals surface area contributed by atoms with Crippen LogP contribution in [0, 0.1) is 0 Å². The van der Waals surface area contributed by atoms with E-state index < -0.39 is 0 Å². The lowest BCUT2D eigenvalue weighted by Gasteiger charge is -2.31. The fourth-order valence-corrected chi connectivity index (χ4v) is 4.54. The van der Waals surface area contributed by atoms with Crippen LogP contribution in [0.1, 0.15) is 43.6 Å². The van der Waals surface area contributed by atoms with Crippen LogP contribution in [0.25, 0.3) is 11.4 Å². The number of carbonyl (C=O) groups excluding carboxylic acids is 1. The number of carbonyl (C=O) groups is 1. The number of aryl methyl sites for hydroxylation is 1. The minimum atomic E-state index is -0.0650. The van der Waals surface area contributed by atoms with E-state index >= 15 is 0 Å². The number of benzene rings is 1. The van der Waals surface area contributed by atoms with Crippen molar-refractivity contribution in [3.63, 3.8) is 0 Å². The molecule has 8 heteroatoms. The van der Waals surface area contributed by atoms with Gasteiger partial charge in [0.1, 0.15) is 13.2 Å². The largest absolute Gasteiger partial charge is 0.486 e. The van der Waals surface area contributed by atoms with Crippen molar-refractivity contribution in [1.82, 2.24) is 20.4 Å². The molecule has 1 amide bonds. The molecule has 0 bridgehead atoms. The standard InChI is InChI=1S/C24H26N4O4/c29-21(5-6-22-27-23(28-32-22)17-7-11-25-12-8-17)26-16-24(9-1-2-10-24)18-3-4-19-20(15-18)31-14-13-30-19/h3-4,7-8,11-12,15H,1-2,5-6,9-10,13-14,16H2,(H,26,29). The number of nitrogens with one attached hydrogen (secondary N) is 1. The second kappa shape index (κ2) is 8.98. The topological polar surface area (TPSA) is 99.4 Å². The molecule has 1 N–H and O–H groups in total. The summed E-state index contributed by atoms with van der Waals surface area (Å²) in [6.07, 6.45) is 8.47. The minimum Gasteiger partial charge on any atom is -0.486 e. The van der Waals surface area contributed by atoms with Crippen molar-refractivity contribution in [1.29, 1.82) is 0 Å². The van der Waals surface area contributed by atoms with Gasteiger partial charge in [0, 0.05) is 42.8 Å². The van der Waals surface area contributed by atoms with Crippen LogP contribution in [0.2, 0.25) is 0 Å². The zero-order valence-electron chi connectivity index (χ0n) is 17.9. The highest BCUT2D eigenvalue weighted by Crippen LogP contribution is 2.43. The first-order valence-corrected chi connectivity index (χ1v) is 11.1. The number of fused-ring (bicyclic) bond motifs is 1. The molecule has 1 aromatic carbocycles. The van der Waals surface area contributed by atoms with Gasteiger partial charge in [0.15, 0.2) is 11.5 Å². The molecule has 0 radical (unpaired) electrons. The van der Waals surface area contributed by atoms with Gasteiger partial charge >= 0.3 is 0 Å². The van der Waals surface area contributed by atoms with Crippen LogP contribution in [0.5, 0.6) is 11.5 Å². The van der Waals surface area contributed by atoms with Crippen molar-refractivity contribution in [3.05, 3.63) is 54.2 Å². The zero-order valence-corrected chi connectivity index (χ0v) is 17.9. The van der Waals surface area contributed by atoms with Crippen molar-refractivity contribution < 1.29 is 18.8 Å². The van der Waals surface area contributed by atoms with Crippen LogP contribution in [-0.4, -0.2) is 40.8 Å². The number of hydrogen-bond donors (Lipinski definition) is 1. The maximum absolute atomic E-state index is 12.6. The molecule has 1 saturated carbocycles. The average Bonchev–Trinajstić information content (AvgIpc) is 3.52. The molecule has 1 aliphatic carbocycles. The number of hydrogen-bond acceptors (Lipinski definition) is 7. The Balaban J connectivity index is 1.19. The van der Waals surface area contributed by atoms with Gasteiger partial charge in [0.05, 0.1) is 0 Å². The third-order valence-electron chi connectivity index (χ3n) is 6.31. The Hall–Kier alpha value is -3.42. The summed E-state index contributed by atoms with van der Waals surface area (Å²) in [6, 6.07) is 9.83. The predicted molar refractivity (Wildman–Crippen MR) is 116 cm³/mol. The number of nitrogens with zero attached hydrogens (tertiary/aromatic N) is 3. The van der Waals surface area contributed by atoms with Gasteiger partial charge in [-0.2, -0.15) is 4.98 Å². The van der Waals surface area contributed by atoms with E-state index in [0.29, 0.717) is 44.3 Å². The van der Waals surface area contributed by atoms with Gasteiger partial charge in [-0.05, 0) is 42.7 Å². The molecule has 1 fully saturated rings. The summed E-state index contributed by atoms with van der Waals surface area (Å²) in [5.41, 5.74) is 1.98. The highest BCUT2D eigenvalue weighted by Gasteiger charge is 2.36. The molecular formula is C24H26N4O4. The summed E-state index contributed by atoms with van der Waals surface area (Å²) in [5, 5.41) is 7.14. The number of ether oxygens (including phenoxy) is 2. The predicted octanol–water partition coefficient (Wildman–Crippen LogP) is 3.46. The zero-order chi connectivity index (χ0) is 21.8. The Morgan fingerprint density at radius 3 is 2.62 bits per heavy atom. The number of aromatic nitrogens is 3. The van der Waals surface area contributed by atoms with E-state index in [-0.39, 0.29) is 11.3 Å². The number of rotatable bonds is 7. The van der Waals surface area contributed by atoms with Crippen LogP contribution in [0.15, 0.2) is 47.2 Å². The molecule has 166 valence electrons. The molecule has 8 nitrogen and oxygen atoms in total. The maximum atomic E-state index is 12.6. The lowest BCUT2D eigenvalue weighted by atomic mass is 9.78. The van der Waals surface area contributed by atoms with Crippen LogP contribution < -0.4 is 14.8 Å². The molecule has 0 unspecified atom stereocenters. The summed E-state index contributed by atoms with van der Waals surface area (Å²) < 4.78 is 16.7. The van der Waals surface area contributed by atoms with Gasteiger partial charge in [-0.15, -0.1) is 0 Å². The molecule has 0 atom stereocenters. The van der Waals surface area contributed by atoms with E-state index in [4.69, 9.17) is 14.0 Å². The smallest absolute Gasteiger partial charge is 0.227 e. The van der Waals surface area contributed by atoms with E-state index in [1.165, 1.54) is 5.56 Å². The van der Waals surface area contributed by atoms with Gasteiger partial charge in [0.2, 0.25) is 17.6 Å². The molecular weight excluding hydrogens is 408 g/mol. The van der Waals surface area contributed by atoms with E-state index in [9.17, 15) is 4.79 Å². The fourth-order valence-electron chi connectivity index (χ4n) is 4.54. The Morgan fingerprint density at radius 1 is 1.03 bits per heavy atom. The Kier molecular flexibility index (Phi) is 5.75. The van der Waals surface area contributed by atoms with Gasteiger partial charge in [-0.1, -0.05) is 24.1 Å². The second-order valence-corrected chi connectivity index (χ2v) is 8.37. The van der Waals surface area contributed by atoms with Gasteiger partial charge < -0.3 is 19.3 Å². The van der Waals surface area contributed by atoms with E-state index in [1.54, 1.807) is 12.4 Å². The second-order valence-electron chi connectivity index (χ2n) is 8.37. The Bertz CT molecular complexity index is 1080. The van der Waals surface area contributed by atoms with Gasteiger partial charge in [-0.3, -0.25) is 9.78 Å². The summed E-state index contributed by atoms with van der Waals surface area (Å²) in [7, 11) is 0. The molecule has 3 aromatic rings. The number of pyridine rings is 1. The van der Waals surface area contributed by atoms with Gasteiger partial charge in [-0.25, -0.2) is 0 Å². The van der Waals surface area contributed by atoms with Crippen LogP contribution in [-0.2, 0) is 16.6 Å². The molecule has 3 heterocycles. The van der Waals surface area contributed by atoms with E-state index in [2.05, 4.69) is 32.6 Å². The summed E-state index contributed by atoms with van der Waals surface area (Å²) in [6.45, 7) is 1.76. The summed E-state index contributed by atoms with van der Waals surface area (Å²) in [5.74, 6) is 2.54. The normalized spacial score (nSPS) is 16.6. The van der Waals surface area contributed by atoms with E-state index in [0.717, 1.165) is 42.7 Å². The molecule has 32 heavy (non-hydrogen) atoms. The monoisotopic (exact) mass is 434 g/mol. The van der Waals surface area contributed by atoms with Crippen molar-refractivity contribution in [2.24, 2.45) is 0 Å². The van der Waals surface area contributed by atoms with Crippen LogP contribution in [0.3, 0.4) is 0 Å². The first-order chi connectivity index (χ1) is 15.7. The molecule has 0 spiro atoms. The third kappa shape index (κ3) is 4.30.